The Morgan fingerprint density at radius 2 is 1.88 bits per heavy atom. The van der Waals surface area contributed by atoms with Crippen LogP contribution in [0.15, 0.2) is 24.3 Å². The van der Waals surface area contributed by atoms with E-state index in [4.69, 9.17) is 10.5 Å². The van der Waals surface area contributed by atoms with E-state index < -0.39 is 0 Å². The molecule has 0 aromatic heterocycles. The van der Waals surface area contributed by atoms with Gasteiger partial charge in [-0.3, -0.25) is 0 Å². The second-order valence-electron chi connectivity index (χ2n) is 4.87. The van der Waals surface area contributed by atoms with Gasteiger partial charge in [-0.05, 0) is 43.9 Å². The summed E-state index contributed by atoms with van der Waals surface area (Å²) in [5.74, 6) is 0.820. The van der Waals surface area contributed by atoms with E-state index in [0.29, 0.717) is 0 Å². The van der Waals surface area contributed by atoms with Gasteiger partial charge in [0.2, 0.25) is 0 Å². The molecule has 0 amide bonds. The first-order valence-corrected chi connectivity index (χ1v) is 6.37. The van der Waals surface area contributed by atoms with Crippen LogP contribution in [0.5, 0.6) is 5.75 Å². The van der Waals surface area contributed by atoms with Gasteiger partial charge in [-0.15, -0.1) is 0 Å². The Balaban J connectivity index is 1.98. The maximum absolute atomic E-state index is 9.83. The summed E-state index contributed by atoms with van der Waals surface area (Å²) in [4.78, 5) is 0. The number of ether oxygens (including phenoxy) is 1. The van der Waals surface area contributed by atoms with E-state index in [1.165, 1.54) is 0 Å². The predicted octanol–water partition coefficient (Wildman–Crippen LogP) is 2.39. The summed E-state index contributed by atoms with van der Waals surface area (Å²) in [6.07, 6.45) is 3.66. The number of hydrogen-bond donors (Lipinski definition) is 2. The molecule has 0 aliphatic heterocycles. The van der Waals surface area contributed by atoms with Gasteiger partial charge in [-0.2, -0.15) is 0 Å². The predicted molar refractivity (Wildman–Crippen MR) is 67.9 cm³/mol. The molecule has 1 aromatic carbocycles. The van der Waals surface area contributed by atoms with Crippen molar-refractivity contribution >= 4 is 0 Å². The minimum Gasteiger partial charge on any atom is -0.488 e. The third kappa shape index (κ3) is 3.20. The molecule has 94 valence electrons. The van der Waals surface area contributed by atoms with Crippen LogP contribution in [-0.2, 0) is 0 Å². The molecule has 0 heterocycles. The smallest absolute Gasteiger partial charge is 0.124 e. The zero-order valence-corrected chi connectivity index (χ0v) is 10.3. The van der Waals surface area contributed by atoms with Crippen LogP contribution in [0.3, 0.4) is 0 Å². The Bertz CT molecular complexity index is 348. The lowest BCUT2D eigenvalue weighted by Crippen LogP contribution is -2.34. The van der Waals surface area contributed by atoms with Crippen LogP contribution in [0.2, 0.25) is 0 Å². The fraction of sp³-hybridized carbons (Fsp3) is 0.571. The van der Waals surface area contributed by atoms with Gasteiger partial charge in [0.1, 0.15) is 11.9 Å². The average Bonchev–Trinajstić information content (AvgIpc) is 2.33. The molecule has 3 nitrogen and oxygen atoms in total. The SMILES string of the molecule is C[C@@H](N)c1ccc(OC2CCCCC2O)cc1. The van der Waals surface area contributed by atoms with Gasteiger partial charge >= 0.3 is 0 Å². The highest BCUT2D eigenvalue weighted by Gasteiger charge is 2.24. The van der Waals surface area contributed by atoms with Crippen molar-refractivity contribution in [2.45, 2.75) is 50.9 Å². The van der Waals surface area contributed by atoms with Crippen LogP contribution in [0.4, 0.5) is 0 Å². The molecule has 1 aliphatic carbocycles. The van der Waals surface area contributed by atoms with Crippen LogP contribution < -0.4 is 10.5 Å². The topological polar surface area (TPSA) is 55.5 Å². The molecular weight excluding hydrogens is 214 g/mol. The Labute approximate surface area is 103 Å². The number of nitrogens with two attached hydrogens (primary N) is 1. The molecule has 1 aromatic rings. The monoisotopic (exact) mass is 235 g/mol. The highest BCUT2D eigenvalue weighted by atomic mass is 16.5. The van der Waals surface area contributed by atoms with Crippen LogP contribution in [0, 0.1) is 0 Å². The van der Waals surface area contributed by atoms with Crippen LogP contribution in [0.1, 0.15) is 44.2 Å². The lowest BCUT2D eigenvalue weighted by atomic mass is 9.95. The highest BCUT2D eigenvalue weighted by molar-refractivity contribution is 5.29. The molecule has 2 rings (SSSR count). The number of aliphatic hydroxyl groups is 1. The first kappa shape index (κ1) is 12.4. The standard InChI is InChI=1S/C14H21NO2/c1-10(15)11-6-8-12(9-7-11)17-14-5-3-2-4-13(14)16/h6-10,13-14,16H,2-5,15H2,1H3/t10-,13?,14?/m1/s1. The Morgan fingerprint density at radius 3 is 2.47 bits per heavy atom. The Hall–Kier alpha value is -1.06. The van der Waals surface area contributed by atoms with Crippen LogP contribution >= 0.6 is 0 Å². The van der Waals surface area contributed by atoms with Crippen molar-refractivity contribution in [2.24, 2.45) is 5.73 Å². The maximum atomic E-state index is 9.83. The van der Waals surface area contributed by atoms with Crippen molar-refractivity contribution in [3.63, 3.8) is 0 Å². The summed E-state index contributed by atoms with van der Waals surface area (Å²) in [6.45, 7) is 1.96. The van der Waals surface area contributed by atoms with Gasteiger partial charge in [0, 0.05) is 6.04 Å². The van der Waals surface area contributed by atoms with Crippen molar-refractivity contribution in [3.8, 4) is 5.75 Å². The van der Waals surface area contributed by atoms with Gasteiger partial charge in [0.25, 0.3) is 0 Å². The molecule has 2 unspecified atom stereocenters. The zero-order valence-electron chi connectivity index (χ0n) is 10.3. The summed E-state index contributed by atoms with van der Waals surface area (Å²) < 4.78 is 5.81. The van der Waals surface area contributed by atoms with Crippen molar-refractivity contribution in [3.05, 3.63) is 29.8 Å². The highest BCUT2D eigenvalue weighted by Crippen LogP contribution is 2.24. The summed E-state index contributed by atoms with van der Waals surface area (Å²) in [5, 5.41) is 9.83. The molecule has 3 N–H and O–H groups in total. The second kappa shape index (κ2) is 5.52. The fourth-order valence-corrected chi connectivity index (χ4v) is 2.24. The third-order valence-corrected chi connectivity index (χ3v) is 3.36. The molecule has 0 bridgehead atoms. The fourth-order valence-electron chi connectivity index (χ4n) is 2.24. The summed E-state index contributed by atoms with van der Waals surface area (Å²) in [6, 6.07) is 7.87. The van der Waals surface area contributed by atoms with E-state index in [1.54, 1.807) is 0 Å². The number of rotatable bonds is 3. The first-order valence-electron chi connectivity index (χ1n) is 6.37. The minimum absolute atomic E-state index is 0.0457. The van der Waals surface area contributed by atoms with Crippen molar-refractivity contribution in [2.75, 3.05) is 0 Å². The van der Waals surface area contributed by atoms with E-state index in [9.17, 15) is 5.11 Å². The van der Waals surface area contributed by atoms with Gasteiger partial charge in [-0.1, -0.05) is 18.6 Å². The second-order valence-corrected chi connectivity index (χ2v) is 4.87. The Kier molecular flexibility index (Phi) is 4.02. The lowest BCUT2D eigenvalue weighted by Gasteiger charge is -2.28. The number of hydrogen-bond acceptors (Lipinski definition) is 3. The average molecular weight is 235 g/mol. The first-order chi connectivity index (χ1) is 8.16. The summed E-state index contributed by atoms with van der Waals surface area (Å²) in [7, 11) is 0. The molecule has 1 aliphatic rings. The van der Waals surface area contributed by atoms with Crippen molar-refractivity contribution in [1.82, 2.24) is 0 Å². The van der Waals surface area contributed by atoms with E-state index >= 15 is 0 Å². The quantitative estimate of drug-likeness (QED) is 0.845. The molecule has 3 heteroatoms. The van der Waals surface area contributed by atoms with Gasteiger partial charge in [0.05, 0.1) is 6.10 Å². The molecule has 17 heavy (non-hydrogen) atoms. The minimum atomic E-state index is -0.322. The molecule has 1 fully saturated rings. The van der Waals surface area contributed by atoms with Gasteiger partial charge < -0.3 is 15.6 Å². The van der Waals surface area contributed by atoms with Gasteiger partial charge in [0.15, 0.2) is 0 Å². The van der Waals surface area contributed by atoms with Crippen molar-refractivity contribution in [1.29, 1.82) is 0 Å². The van der Waals surface area contributed by atoms with E-state index in [2.05, 4.69) is 0 Å². The molecule has 1 saturated carbocycles. The lowest BCUT2D eigenvalue weighted by molar-refractivity contribution is 0.00686. The van der Waals surface area contributed by atoms with E-state index in [-0.39, 0.29) is 18.2 Å². The maximum Gasteiger partial charge on any atom is 0.124 e. The molecule has 3 atom stereocenters. The van der Waals surface area contributed by atoms with Crippen molar-refractivity contribution < 1.29 is 9.84 Å². The van der Waals surface area contributed by atoms with E-state index in [0.717, 1.165) is 37.0 Å². The zero-order chi connectivity index (χ0) is 12.3. The Morgan fingerprint density at radius 1 is 1.24 bits per heavy atom. The van der Waals surface area contributed by atoms with Crippen LogP contribution in [-0.4, -0.2) is 17.3 Å². The van der Waals surface area contributed by atoms with Gasteiger partial charge in [-0.25, -0.2) is 0 Å². The molecule has 0 radical (unpaired) electrons. The number of benzene rings is 1. The number of aliphatic hydroxyl groups excluding tert-OH is 1. The van der Waals surface area contributed by atoms with E-state index in [1.807, 2.05) is 31.2 Å². The largest absolute Gasteiger partial charge is 0.488 e. The van der Waals surface area contributed by atoms with Crippen LogP contribution in [0.25, 0.3) is 0 Å². The molecule has 0 saturated heterocycles. The normalized spacial score (nSPS) is 26.5. The molecular formula is C14H21NO2. The molecule has 0 spiro atoms. The third-order valence-electron chi connectivity index (χ3n) is 3.36. The summed E-state index contributed by atoms with van der Waals surface area (Å²) in [5.41, 5.74) is 6.89. The summed E-state index contributed by atoms with van der Waals surface area (Å²) >= 11 is 0.